The zero-order valence-electron chi connectivity index (χ0n) is 27.1. The van der Waals surface area contributed by atoms with Crippen molar-refractivity contribution < 1.29 is 0 Å². The third-order valence-electron chi connectivity index (χ3n) is 9.66. The lowest BCUT2D eigenvalue weighted by Gasteiger charge is -2.30. The fourth-order valence-corrected chi connectivity index (χ4v) is 7.40. The quantitative estimate of drug-likeness (QED) is 0.191. The van der Waals surface area contributed by atoms with Crippen LogP contribution in [0.3, 0.4) is 0 Å². The molecule has 1 aliphatic carbocycles. The number of hydrogen-bond acceptors (Lipinski definition) is 5. The van der Waals surface area contributed by atoms with E-state index in [0.29, 0.717) is 17.5 Å². The van der Waals surface area contributed by atoms with Crippen LogP contribution < -0.4 is 4.90 Å². The third-order valence-corrected chi connectivity index (χ3v) is 9.66. The molecule has 236 valence electrons. The Bertz CT molecular complexity index is 2550. The highest BCUT2D eigenvalue weighted by Gasteiger charge is 2.33. The van der Waals surface area contributed by atoms with Crippen molar-refractivity contribution in [3.63, 3.8) is 0 Å². The van der Waals surface area contributed by atoms with Gasteiger partial charge in [0.1, 0.15) is 0 Å². The molecule has 0 radical (unpaired) electrons. The van der Waals surface area contributed by atoms with Crippen LogP contribution >= 0.6 is 0 Å². The Balaban J connectivity index is 1.32. The second-order valence-electron chi connectivity index (χ2n) is 12.6. The molecule has 6 heteroatoms. The normalized spacial score (nSPS) is 12.9. The lowest BCUT2D eigenvalue weighted by atomic mass is 9.91. The smallest absolute Gasteiger partial charge is 0.220 e. The molecule has 2 aromatic heterocycles. The minimum absolute atomic E-state index is 0.618. The van der Waals surface area contributed by atoms with Gasteiger partial charge >= 0.3 is 0 Å². The number of imidazole rings is 1. The van der Waals surface area contributed by atoms with Gasteiger partial charge in [-0.2, -0.15) is 0 Å². The van der Waals surface area contributed by atoms with Gasteiger partial charge in [-0.1, -0.05) is 127 Å². The summed E-state index contributed by atoms with van der Waals surface area (Å²) in [5, 5.41) is 0. The molecule has 0 spiro atoms. The van der Waals surface area contributed by atoms with E-state index in [-0.39, 0.29) is 0 Å². The lowest BCUT2D eigenvalue weighted by Crippen LogP contribution is -2.18. The summed E-state index contributed by atoms with van der Waals surface area (Å²) in [4.78, 5) is 23.2. The minimum Gasteiger partial charge on any atom is -0.279 e. The topological polar surface area (TPSA) is 59.7 Å². The number of benzene rings is 6. The second kappa shape index (κ2) is 11.5. The first-order valence-electron chi connectivity index (χ1n) is 17.0. The molecule has 1 aliphatic heterocycles. The van der Waals surface area contributed by atoms with Crippen molar-refractivity contribution in [2.75, 3.05) is 4.90 Å². The predicted molar refractivity (Wildman–Crippen MR) is 202 cm³/mol. The van der Waals surface area contributed by atoms with E-state index in [9.17, 15) is 0 Å². The first kappa shape index (κ1) is 28.4. The molecule has 3 heterocycles. The summed E-state index contributed by atoms with van der Waals surface area (Å²) in [7, 11) is 0. The first-order valence-corrected chi connectivity index (χ1v) is 17.0. The van der Waals surface area contributed by atoms with Crippen LogP contribution in [0.15, 0.2) is 152 Å². The Morgan fingerprint density at radius 1 is 0.480 bits per heavy atom. The van der Waals surface area contributed by atoms with Crippen molar-refractivity contribution in [1.82, 2.24) is 24.5 Å². The van der Waals surface area contributed by atoms with E-state index in [1.165, 1.54) is 11.1 Å². The highest BCUT2D eigenvalue weighted by atomic mass is 15.3. The summed E-state index contributed by atoms with van der Waals surface area (Å²) in [6, 6.07) is 50.4. The van der Waals surface area contributed by atoms with E-state index in [1.54, 1.807) is 0 Å². The molecule has 10 rings (SSSR count). The van der Waals surface area contributed by atoms with Crippen LogP contribution in [0.25, 0.3) is 68.1 Å². The average molecular weight is 643 g/mol. The van der Waals surface area contributed by atoms with Crippen molar-refractivity contribution >= 4 is 34.4 Å². The molecular formula is C44H30N6. The maximum absolute atomic E-state index is 5.40. The molecule has 0 fully saturated rings. The standard InChI is InChI=1S/C44H30N6/c1-3-16-30(17-4-1)41-46-42(31-18-5-2-6-19-31)48-43(47-41)35-28-27-29-15-7-8-20-32(29)40(35)50-38-25-13-10-22-34(38)33-21-9-12-24-37(33)49-39-26-14-11-23-36(39)45-44(49)50/h1-7,9-19,21-28H,8,20H2. The Hall–Kier alpha value is -6.66. The molecule has 0 saturated heterocycles. The van der Waals surface area contributed by atoms with Crippen molar-refractivity contribution in [1.29, 1.82) is 0 Å². The van der Waals surface area contributed by atoms with E-state index in [0.717, 1.165) is 74.7 Å². The van der Waals surface area contributed by atoms with E-state index in [4.69, 9.17) is 19.9 Å². The summed E-state index contributed by atoms with van der Waals surface area (Å²) in [6.07, 6.45) is 6.32. The maximum Gasteiger partial charge on any atom is 0.220 e. The molecule has 0 N–H and O–H groups in total. The van der Waals surface area contributed by atoms with Gasteiger partial charge in [0.05, 0.1) is 28.1 Å². The zero-order chi connectivity index (χ0) is 33.0. The zero-order valence-corrected chi connectivity index (χ0v) is 27.1. The maximum atomic E-state index is 5.40. The molecule has 0 unspecified atom stereocenters. The average Bonchev–Trinajstić information content (AvgIpc) is 3.52. The summed E-state index contributed by atoms with van der Waals surface area (Å²) >= 11 is 0. The molecule has 0 saturated carbocycles. The van der Waals surface area contributed by atoms with Gasteiger partial charge in [0.15, 0.2) is 17.5 Å². The largest absolute Gasteiger partial charge is 0.279 e. The van der Waals surface area contributed by atoms with Gasteiger partial charge in [-0.25, -0.2) is 19.9 Å². The van der Waals surface area contributed by atoms with Gasteiger partial charge in [0, 0.05) is 27.8 Å². The third kappa shape index (κ3) is 4.49. The van der Waals surface area contributed by atoms with Gasteiger partial charge in [-0.15, -0.1) is 0 Å². The number of anilines is 3. The number of aromatic nitrogens is 5. The number of nitrogens with zero attached hydrogens (tertiary/aromatic N) is 6. The van der Waals surface area contributed by atoms with Gasteiger partial charge in [-0.05, 0) is 54.3 Å². The summed E-state index contributed by atoms with van der Waals surface area (Å²) < 4.78 is 2.31. The van der Waals surface area contributed by atoms with Gasteiger partial charge < -0.3 is 0 Å². The van der Waals surface area contributed by atoms with Gasteiger partial charge in [0.2, 0.25) is 5.95 Å². The Kier molecular flexibility index (Phi) is 6.52. The van der Waals surface area contributed by atoms with Crippen LogP contribution in [0.2, 0.25) is 0 Å². The Labute approximate surface area is 289 Å². The first-order chi connectivity index (χ1) is 24.8. The highest BCUT2D eigenvalue weighted by Crippen LogP contribution is 2.51. The van der Waals surface area contributed by atoms with E-state index >= 15 is 0 Å². The number of fused-ring (bicyclic) bond motifs is 8. The molecule has 0 amide bonds. The lowest BCUT2D eigenvalue weighted by molar-refractivity contribution is 0.966. The fourth-order valence-electron chi connectivity index (χ4n) is 7.40. The van der Waals surface area contributed by atoms with E-state index < -0.39 is 0 Å². The number of rotatable bonds is 4. The monoisotopic (exact) mass is 642 g/mol. The van der Waals surface area contributed by atoms with E-state index in [1.807, 2.05) is 36.4 Å². The van der Waals surface area contributed by atoms with Crippen molar-refractivity contribution in [2.45, 2.75) is 12.8 Å². The van der Waals surface area contributed by atoms with Crippen molar-refractivity contribution in [3.05, 3.63) is 163 Å². The number of para-hydroxylation sites is 4. The molecule has 2 aliphatic rings. The van der Waals surface area contributed by atoms with E-state index in [2.05, 4.69) is 131 Å². The SMILES string of the molecule is C1=Cc2ccc(-c3nc(-c4ccccc4)nc(-c4ccccc4)n3)c(N3c4ccccc4-c4ccccc4-n4c3nc3ccccc34)c2CC1. The molecule has 6 nitrogen and oxygen atoms in total. The van der Waals surface area contributed by atoms with Crippen LogP contribution in [-0.4, -0.2) is 24.5 Å². The molecule has 8 aromatic rings. The highest BCUT2D eigenvalue weighted by molar-refractivity contribution is 6.00. The molecule has 0 atom stereocenters. The summed E-state index contributed by atoms with van der Waals surface area (Å²) in [5.74, 6) is 2.71. The van der Waals surface area contributed by atoms with Crippen LogP contribution in [0.5, 0.6) is 0 Å². The summed E-state index contributed by atoms with van der Waals surface area (Å²) in [5.41, 5.74) is 12.7. The Morgan fingerprint density at radius 3 is 1.82 bits per heavy atom. The van der Waals surface area contributed by atoms with Crippen LogP contribution in [0, 0.1) is 0 Å². The Morgan fingerprint density at radius 2 is 1.08 bits per heavy atom. The van der Waals surface area contributed by atoms with Crippen molar-refractivity contribution in [3.8, 4) is 51.0 Å². The summed E-state index contributed by atoms with van der Waals surface area (Å²) in [6.45, 7) is 0. The van der Waals surface area contributed by atoms with Crippen LogP contribution in [-0.2, 0) is 6.42 Å². The van der Waals surface area contributed by atoms with Crippen LogP contribution in [0.4, 0.5) is 17.3 Å². The fraction of sp³-hybridized carbons (Fsp3) is 0.0455. The molecule has 50 heavy (non-hydrogen) atoms. The predicted octanol–water partition coefficient (Wildman–Crippen LogP) is 10.6. The van der Waals surface area contributed by atoms with Crippen LogP contribution in [0.1, 0.15) is 17.5 Å². The second-order valence-corrected chi connectivity index (χ2v) is 12.6. The molecule has 0 bridgehead atoms. The van der Waals surface area contributed by atoms with Gasteiger partial charge in [0.25, 0.3) is 0 Å². The van der Waals surface area contributed by atoms with Crippen molar-refractivity contribution in [2.24, 2.45) is 0 Å². The molecule has 6 aromatic carbocycles. The minimum atomic E-state index is 0.618. The molecular weight excluding hydrogens is 613 g/mol. The number of hydrogen-bond donors (Lipinski definition) is 0. The van der Waals surface area contributed by atoms with Gasteiger partial charge in [-0.3, -0.25) is 9.47 Å². The number of allylic oxidation sites excluding steroid dienone is 1.